The van der Waals surface area contributed by atoms with Gasteiger partial charge in [0.2, 0.25) is 5.88 Å². The van der Waals surface area contributed by atoms with Crippen molar-refractivity contribution < 1.29 is 17.9 Å². The molecule has 0 aromatic carbocycles. The van der Waals surface area contributed by atoms with Crippen molar-refractivity contribution in [3.05, 3.63) is 42.5 Å². The van der Waals surface area contributed by atoms with E-state index in [1.165, 1.54) is 36.7 Å². The summed E-state index contributed by atoms with van der Waals surface area (Å²) in [5, 5.41) is 0. The highest BCUT2D eigenvalue weighted by molar-refractivity contribution is 5.59. The van der Waals surface area contributed by atoms with Crippen LogP contribution in [0.25, 0.3) is 11.3 Å². The second-order valence-corrected chi connectivity index (χ2v) is 3.12. The van der Waals surface area contributed by atoms with E-state index in [9.17, 15) is 13.2 Å². The fourth-order valence-corrected chi connectivity index (χ4v) is 1.29. The van der Waals surface area contributed by atoms with Gasteiger partial charge in [-0.15, -0.1) is 0 Å². The predicted octanol–water partition coefficient (Wildman–Crippen LogP) is 2.88. The Hall–Kier alpha value is -2.11. The fourth-order valence-electron chi connectivity index (χ4n) is 1.29. The van der Waals surface area contributed by atoms with Gasteiger partial charge in [-0.3, -0.25) is 4.98 Å². The molecule has 0 aliphatic rings. The molecule has 0 amide bonds. The number of nitrogens with zero attached hydrogens (tertiary/aromatic N) is 2. The lowest BCUT2D eigenvalue weighted by Crippen LogP contribution is -2.03. The fraction of sp³-hybridized carbons (Fsp3) is 0.0909. The van der Waals surface area contributed by atoms with Crippen molar-refractivity contribution >= 4 is 0 Å². The maximum Gasteiger partial charge on any atom is 0.388 e. The molecular formula is C11H7F3N2O. The summed E-state index contributed by atoms with van der Waals surface area (Å²) in [7, 11) is 0. The quantitative estimate of drug-likeness (QED) is 0.827. The van der Waals surface area contributed by atoms with Crippen LogP contribution in [0, 0.1) is 5.82 Å². The molecule has 0 saturated carbocycles. The molecule has 0 fully saturated rings. The van der Waals surface area contributed by atoms with E-state index in [0.29, 0.717) is 11.3 Å². The molecule has 0 spiro atoms. The number of alkyl halides is 2. The van der Waals surface area contributed by atoms with Crippen LogP contribution in [0.4, 0.5) is 13.2 Å². The molecule has 88 valence electrons. The summed E-state index contributed by atoms with van der Waals surface area (Å²) in [6, 6.07) is 5.19. The molecule has 0 N–H and O–H groups in total. The minimum atomic E-state index is -2.95. The van der Waals surface area contributed by atoms with Crippen LogP contribution >= 0.6 is 0 Å². The topological polar surface area (TPSA) is 35.0 Å². The second-order valence-electron chi connectivity index (χ2n) is 3.12. The average molecular weight is 240 g/mol. The van der Waals surface area contributed by atoms with Crippen LogP contribution in [0.2, 0.25) is 0 Å². The molecule has 2 rings (SSSR count). The maximum atomic E-state index is 13.0. The average Bonchev–Trinajstić information content (AvgIpc) is 2.28. The van der Waals surface area contributed by atoms with Gasteiger partial charge >= 0.3 is 6.61 Å². The summed E-state index contributed by atoms with van der Waals surface area (Å²) in [6.07, 6.45) is 2.58. The van der Waals surface area contributed by atoms with Crippen LogP contribution in [0.3, 0.4) is 0 Å². The van der Waals surface area contributed by atoms with Crippen molar-refractivity contribution in [2.24, 2.45) is 0 Å². The maximum absolute atomic E-state index is 13.0. The van der Waals surface area contributed by atoms with Crippen LogP contribution in [0.5, 0.6) is 5.88 Å². The zero-order valence-electron chi connectivity index (χ0n) is 8.48. The number of pyridine rings is 2. The van der Waals surface area contributed by atoms with Crippen LogP contribution in [-0.2, 0) is 0 Å². The molecule has 0 unspecified atom stereocenters. The van der Waals surface area contributed by atoms with Crippen LogP contribution in [0.1, 0.15) is 0 Å². The third kappa shape index (κ3) is 2.93. The van der Waals surface area contributed by atoms with E-state index < -0.39 is 12.4 Å². The van der Waals surface area contributed by atoms with Gasteiger partial charge < -0.3 is 4.74 Å². The van der Waals surface area contributed by atoms with E-state index in [-0.39, 0.29) is 5.88 Å². The molecule has 0 bridgehead atoms. The van der Waals surface area contributed by atoms with Crippen molar-refractivity contribution in [1.29, 1.82) is 0 Å². The molecule has 0 atom stereocenters. The number of halogens is 3. The molecule has 6 heteroatoms. The smallest absolute Gasteiger partial charge is 0.388 e. The van der Waals surface area contributed by atoms with E-state index in [1.54, 1.807) is 0 Å². The summed E-state index contributed by atoms with van der Waals surface area (Å²) < 4.78 is 41.1. The van der Waals surface area contributed by atoms with Crippen LogP contribution < -0.4 is 4.74 Å². The molecular weight excluding hydrogens is 233 g/mol. The highest BCUT2D eigenvalue weighted by Gasteiger charge is 2.07. The zero-order valence-corrected chi connectivity index (χ0v) is 8.48. The first kappa shape index (κ1) is 11.4. The molecule has 2 aromatic heterocycles. The third-order valence-electron chi connectivity index (χ3n) is 1.96. The lowest BCUT2D eigenvalue weighted by atomic mass is 10.2. The first-order chi connectivity index (χ1) is 8.15. The predicted molar refractivity (Wildman–Crippen MR) is 54.1 cm³/mol. The number of ether oxygens (including phenoxy) is 1. The third-order valence-corrected chi connectivity index (χ3v) is 1.96. The Kier molecular flexibility index (Phi) is 3.22. The van der Waals surface area contributed by atoms with Gasteiger partial charge in [0.25, 0.3) is 0 Å². The van der Waals surface area contributed by atoms with Gasteiger partial charge in [-0.25, -0.2) is 9.37 Å². The molecule has 0 aliphatic carbocycles. The normalized spacial score (nSPS) is 10.6. The molecule has 17 heavy (non-hydrogen) atoms. The standard InChI is InChI=1S/C11H7F3N2O/c12-8-2-4-15-9(6-8)7-1-3-16-10(5-7)17-11(13)14/h1-6,11H. The van der Waals surface area contributed by atoms with Crippen molar-refractivity contribution in [1.82, 2.24) is 9.97 Å². The minimum Gasteiger partial charge on any atom is -0.417 e. The van der Waals surface area contributed by atoms with Gasteiger partial charge in [0.05, 0.1) is 5.69 Å². The van der Waals surface area contributed by atoms with Crippen LogP contribution in [-0.4, -0.2) is 16.6 Å². The monoisotopic (exact) mass is 240 g/mol. The van der Waals surface area contributed by atoms with Gasteiger partial charge in [0.1, 0.15) is 5.82 Å². The summed E-state index contributed by atoms with van der Waals surface area (Å²) in [6.45, 7) is -2.95. The van der Waals surface area contributed by atoms with Gasteiger partial charge in [0, 0.05) is 30.1 Å². The molecule has 3 nitrogen and oxygen atoms in total. The Balaban J connectivity index is 2.33. The zero-order chi connectivity index (χ0) is 12.3. The van der Waals surface area contributed by atoms with Crippen LogP contribution in [0.15, 0.2) is 36.7 Å². The molecule has 2 aromatic rings. The summed E-state index contributed by atoms with van der Waals surface area (Å²) in [5.74, 6) is -0.688. The van der Waals surface area contributed by atoms with Gasteiger partial charge in [0.15, 0.2) is 0 Å². The Morgan fingerprint density at radius 3 is 2.53 bits per heavy atom. The summed E-state index contributed by atoms with van der Waals surface area (Å²) in [4.78, 5) is 7.52. The lowest BCUT2D eigenvalue weighted by molar-refractivity contribution is -0.0528. The molecule has 0 radical (unpaired) electrons. The number of rotatable bonds is 3. The Morgan fingerprint density at radius 2 is 1.82 bits per heavy atom. The molecule has 0 aliphatic heterocycles. The summed E-state index contributed by atoms with van der Waals surface area (Å²) in [5.41, 5.74) is 0.779. The minimum absolute atomic E-state index is 0.233. The SMILES string of the molecule is Fc1ccnc(-c2ccnc(OC(F)F)c2)c1. The van der Waals surface area contributed by atoms with Crippen molar-refractivity contribution in [3.8, 4) is 17.1 Å². The molecule has 0 saturated heterocycles. The molecule has 2 heterocycles. The van der Waals surface area contributed by atoms with Gasteiger partial charge in [-0.2, -0.15) is 8.78 Å². The second kappa shape index (κ2) is 4.82. The van der Waals surface area contributed by atoms with Crippen molar-refractivity contribution in [2.75, 3.05) is 0 Å². The highest BCUT2D eigenvalue weighted by Crippen LogP contribution is 2.21. The van der Waals surface area contributed by atoms with E-state index >= 15 is 0 Å². The highest BCUT2D eigenvalue weighted by atomic mass is 19.3. The van der Waals surface area contributed by atoms with E-state index in [1.807, 2.05) is 0 Å². The number of aromatic nitrogens is 2. The van der Waals surface area contributed by atoms with E-state index in [4.69, 9.17) is 0 Å². The van der Waals surface area contributed by atoms with E-state index in [0.717, 1.165) is 0 Å². The van der Waals surface area contributed by atoms with E-state index in [2.05, 4.69) is 14.7 Å². The van der Waals surface area contributed by atoms with Crippen molar-refractivity contribution in [2.45, 2.75) is 6.61 Å². The Bertz CT molecular complexity index is 520. The van der Waals surface area contributed by atoms with Gasteiger partial charge in [-0.1, -0.05) is 0 Å². The number of hydrogen-bond acceptors (Lipinski definition) is 3. The first-order valence-electron chi connectivity index (χ1n) is 4.68. The van der Waals surface area contributed by atoms with Crippen molar-refractivity contribution in [3.63, 3.8) is 0 Å². The van der Waals surface area contributed by atoms with Gasteiger partial charge in [-0.05, 0) is 12.1 Å². The lowest BCUT2D eigenvalue weighted by Gasteiger charge is -2.05. The number of hydrogen-bond donors (Lipinski definition) is 0. The summed E-state index contributed by atoms with van der Waals surface area (Å²) >= 11 is 0. The Morgan fingerprint density at radius 1 is 1.06 bits per heavy atom. The Labute approximate surface area is 94.9 Å². The largest absolute Gasteiger partial charge is 0.417 e. The first-order valence-corrected chi connectivity index (χ1v) is 4.68.